The van der Waals surface area contributed by atoms with Crippen molar-refractivity contribution in [2.24, 2.45) is 4.99 Å². The monoisotopic (exact) mass is 433 g/mol. The minimum atomic E-state index is -0.468. The average molecular weight is 434 g/mol. The molecule has 0 radical (unpaired) electrons. The summed E-state index contributed by atoms with van der Waals surface area (Å²) >= 11 is 1.23. The highest BCUT2D eigenvalue weighted by Gasteiger charge is 2.24. The van der Waals surface area contributed by atoms with Crippen molar-refractivity contribution in [1.29, 1.82) is 0 Å². The maximum atomic E-state index is 13.5. The Morgan fingerprint density at radius 3 is 2.35 bits per heavy atom. The van der Waals surface area contributed by atoms with Crippen LogP contribution in [0.2, 0.25) is 0 Å². The maximum absolute atomic E-state index is 13.5. The second kappa shape index (κ2) is 8.73. The summed E-state index contributed by atoms with van der Waals surface area (Å²) in [5, 5.41) is 2.12. The molecule has 158 valence electrons. The lowest BCUT2D eigenvalue weighted by Crippen LogP contribution is -2.20. The van der Waals surface area contributed by atoms with Gasteiger partial charge in [-0.15, -0.1) is 11.3 Å². The number of aliphatic imine (C=N–C) groups is 1. The van der Waals surface area contributed by atoms with Gasteiger partial charge in [-0.05, 0) is 37.4 Å². The standard InChI is InChI=1S/C24H23N3O3S/c1-4-26(5-2)15-25-20-19-17-13-9-10-14-18(17)22(28)27(16-11-7-6-8-12-16)23(19)31-21(20)24(29)30-3/h6-15H,4-5H2,1-3H3. The van der Waals surface area contributed by atoms with E-state index in [4.69, 9.17) is 9.73 Å². The smallest absolute Gasteiger partial charge is 0.350 e. The van der Waals surface area contributed by atoms with Crippen LogP contribution >= 0.6 is 11.3 Å². The van der Waals surface area contributed by atoms with Crippen LogP contribution in [0.25, 0.3) is 26.7 Å². The molecule has 0 fully saturated rings. The van der Waals surface area contributed by atoms with Crippen LogP contribution < -0.4 is 5.56 Å². The van der Waals surface area contributed by atoms with E-state index in [1.807, 2.05) is 73.3 Å². The van der Waals surface area contributed by atoms with Gasteiger partial charge in [-0.3, -0.25) is 9.36 Å². The van der Waals surface area contributed by atoms with Crippen molar-refractivity contribution in [3.05, 3.63) is 69.8 Å². The van der Waals surface area contributed by atoms with Crippen LogP contribution in [-0.2, 0) is 4.74 Å². The molecular formula is C24H23N3O3S. The number of aromatic nitrogens is 1. The Hall–Kier alpha value is -3.45. The molecule has 0 atom stereocenters. The summed E-state index contributed by atoms with van der Waals surface area (Å²) in [5.41, 5.74) is 1.13. The highest BCUT2D eigenvalue weighted by Crippen LogP contribution is 2.42. The molecule has 0 amide bonds. The van der Waals surface area contributed by atoms with E-state index in [9.17, 15) is 9.59 Å². The van der Waals surface area contributed by atoms with Crippen LogP contribution in [0.15, 0.2) is 64.4 Å². The number of carbonyl (C=O) groups excluding carboxylic acids is 1. The quantitative estimate of drug-likeness (QED) is 0.244. The molecule has 2 heterocycles. The van der Waals surface area contributed by atoms with E-state index in [1.54, 1.807) is 10.9 Å². The van der Waals surface area contributed by atoms with Crippen LogP contribution in [0.4, 0.5) is 5.69 Å². The summed E-state index contributed by atoms with van der Waals surface area (Å²) < 4.78 is 6.71. The summed E-state index contributed by atoms with van der Waals surface area (Å²) in [6.45, 7) is 5.69. The molecular weight excluding hydrogens is 410 g/mol. The predicted octanol–water partition coefficient (Wildman–Crippen LogP) is 4.99. The molecule has 0 aliphatic carbocycles. The van der Waals surface area contributed by atoms with Gasteiger partial charge in [0.05, 0.1) is 19.1 Å². The Balaban J connectivity index is 2.17. The van der Waals surface area contributed by atoms with E-state index in [0.717, 1.165) is 29.5 Å². The van der Waals surface area contributed by atoms with Gasteiger partial charge in [0.2, 0.25) is 0 Å². The zero-order valence-electron chi connectivity index (χ0n) is 17.7. The van der Waals surface area contributed by atoms with E-state index < -0.39 is 5.97 Å². The van der Waals surface area contributed by atoms with Gasteiger partial charge in [-0.1, -0.05) is 36.4 Å². The van der Waals surface area contributed by atoms with Crippen molar-refractivity contribution in [1.82, 2.24) is 9.47 Å². The van der Waals surface area contributed by atoms with Gasteiger partial charge >= 0.3 is 5.97 Å². The lowest BCUT2D eigenvalue weighted by atomic mass is 10.1. The number of hydrogen-bond donors (Lipinski definition) is 0. The third-order valence-electron chi connectivity index (χ3n) is 5.25. The molecule has 2 aromatic heterocycles. The molecule has 0 bridgehead atoms. The lowest BCUT2D eigenvalue weighted by Gasteiger charge is -2.14. The molecule has 0 saturated heterocycles. The molecule has 6 nitrogen and oxygen atoms in total. The Morgan fingerprint density at radius 2 is 1.71 bits per heavy atom. The van der Waals surface area contributed by atoms with Gasteiger partial charge < -0.3 is 9.64 Å². The highest BCUT2D eigenvalue weighted by molar-refractivity contribution is 7.21. The molecule has 0 spiro atoms. The fraction of sp³-hybridized carbons (Fsp3) is 0.208. The molecule has 0 saturated carbocycles. The van der Waals surface area contributed by atoms with Gasteiger partial charge in [0.1, 0.15) is 15.4 Å². The minimum Gasteiger partial charge on any atom is -0.465 e. The molecule has 0 aliphatic heterocycles. The number of carbonyl (C=O) groups is 1. The van der Waals surface area contributed by atoms with Crippen molar-refractivity contribution in [3.63, 3.8) is 0 Å². The Labute approximate surface area is 184 Å². The van der Waals surface area contributed by atoms with Crippen LogP contribution in [0.1, 0.15) is 23.5 Å². The molecule has 7 heteroatoms. The number of ether oxygens (including phenoxy) is 1. The Bertz CT molecular complexity index is 1340. The lowest BCUT2D eigenvalue weighted by molar-refractivity contribution is 0.0607. The number of thiophene rings is 1. The predicted molar refractivity (Wildman–Crippen MR) is 127 cm³/mol. The van der Waals surface area contributed by atoms with Gasteiger partial charge in [0.15, 0.2) is 0 Å². The van der Waals surface area contributed by atoms with Crippen LogP contribution in [0, 0.1) is 0 Å². The van der Waals surface area contributed by atoms with E-state index in [0.29, 0.717) is 20.8 Å². The number of nitrogens with zero attached hydrogens (tertiary/aromatic N) is 3. The van der Waals surface area contributed by atoms with Crippen molar-refractivity contribution in [2.75, 3.05) is 20.2 Å². The number of rotatable bonds is 6. The van der Waals surface area contributed by atoms with Crippen molar-refractivity contribution < 1.29 is 9.53 Å². The SMILES string of the molecule is CCN(C=Nc1c(C(=O)OC)sc2c1c1ccccc1c(=O)n2-c1ccccc1)CC. The van der Waals surface area contributed by atoms with Crippen LogP contribution in [-0.4, -0.2) is 42.0 Å². The van der Waals surface area contributed by atoms with Gasteiger partial charge in [0, 0.05) is 23.9 Å². The van der Waals surface area contributed by atoms with Crippen molar-refractivity contribution >= 4 is 50.3 Å². The van der Waals surface area contributed by atoms with Gasteiger partial charge in [-0.25, -0.2) is 9.79 Å². The number of fused-ring (bicyclic) bond motifs is 3. The highest BCUT2D eigenvalue weighted by atomic mass is 32.1. The third kappa shape index (κ3) is 3.61. The number of hydrogen-bond acceptors (Lipinski definition) is 5. The topological polar surface area (TPSA) is 63.9 Å². The van der Waals surface area contributed by atoms with Crippen LogP contribution in [0.3, 0.4) is 0 Å². The number of pyridine rings is 1. The van der Waals surface area contributed by atoms with E-state index in [-0.39, 0.29) is 5.56 Å². The Morgan fingerprint density at radius 1 is 1.06 bits per heavy atom. The van der Waals surface area contributed by atoms with E-state index >= 15 is 0 Å². The molecule has 4 aromatic rings. The average Bonchev–Trinajstić information content (AvgIpc) is 3.19. The second-order valence-corrected chi connectivity index (χ2v) is 7.94. The largest absolute Gasteiger partial charge is 0.465 e. The number of methoxy groups -OCH3 is 1. The molecule has 31 heavy (non-hydrogen) atoms. The second-order valence-electron chi connectivity index (χ2n) is 6.94. The summed E-state index contributed by atoms with van der Waals surface area (Å²) in [6.07, 6.45) is 1.75. The number of esters is 1. The maximum Gasteiger partial charge on any atom is 0.350 e. The first-order valence-corrected chi connectivity index (χ1v) is 10.9. The van der Waals surface area contributed by atoms with Crippen molar-refractivity contribution in [2.45, 2.75) is 13.8 Å². The van der Waals surface area contributed by atoms with Gasteiger partial charge in [0.25, 0.3) is 5.56 Å². The fourth-order valence-corrected chi connectivity index (χ4v) is 4.80. The first kappa shape index (κ1) is 20.8. The third-order valence-corrected chi connectivity index (χ3v) is 6.39. The molecule has 0 aliphatic rings. The fourth-order valence-electron chi connectivity index (χ4n) is 3.60. The number of benzene rings is 2. The zero-order chi connectivity index (χ0) is 22.0. The molecule has 4 rings (SSSR count). The Kier molecular flexibility index (Phi) is 5.86. The normalized spacial score (nSPS) is 11.5. The summed E-state index contributed by atoms with van der Waals surface area (Å²) in [5.74, 6) is -0.468. The molecule has 0 N–H and O–H groups in total. The van der Waals surface area contributed by atoms with Crippen LogP contribution in [0.5, 0.6) is 0 Å². The first-order valence-electron chi connectivity index (χ1n) is 10.1. The number of para-hydroxylation sites is 1. The van der Waals surface area contributed by atoms with E-state index in [1.165, 1.54) is 18.4 Å². The zero-order valence-corrected chi connectivity index (χ0v) is 18.5. The van der Waals surface area contributed by atoms with E-state index in [2.05, 4.69) is 0 Å². The molecule has 2 aromatic carbocycles. The summed E-state index contributed by atoms with van der Waals surface area (Å²) in [6, 6.07) is 16.9. The minimum absolute atomic E-state index is 0.133. The first-order chi connectivity index (χ1) is 15.1. The van der Waals surface area contributed by atoms with Crippen molar-refractivity contribution in [3.8, 4) is 5.69 Å². The summed E-state index contributed by atoms with van der Waals surface area (Å²) in [4.78, 5) is 33.9. The van der Waals surface area contributed by atoms with Gasteiger partial charge in [-0.2, -0.15) is 0 Å². The molecule has 0 unspecified atom stereocenters. The summed E-state index contributed by atoms with van der Waals surface area (Å²) in [7, 11) is 1.35.